The summed E-state index contributed by atoms with van der Waals surface area (Å²) in [6.45, 7) is 2.22. The van der Waals surface area contributed by atoms with Crippen molar-refractivity contribution in [2.24, 2.45) is 0 Å². The van der Waals surface area contributed by atoms with E-state index in [0.29, 0.717) is 17.8 Å². The molecule has 0 saturated heterocycles. The van der Waals surface area contributed by atoms with Crippen LogP contribution in [-0.4, -0.2) is 12.2 Å². The first-order valence-electron chi connectivity index (χ1n) is 5.90. The lowest BCUT2D eigenvalue weighted by Crippen LogP contribution is -2.17. The Bertz CT molecular complexity index is 570. The molecule has 0 aliphatic heterocycles. The van der Waals surface area contributed by atoms with Gasteiger partial charge in [-0.3, -0.25) is 0 Å². The van der Waals surface area contributed by atoms with E-state index in [1.165, 1.54) is 17.4 Å². The van der Waals surface area contributed by atoms with Gasteiger partial charge >= 0.3 is 0 Å². The predicted octanol–water partition coefficient (Wildman–Crippen LogP) is 4.23. The molecule has 1 aromatic heterocycles. The Hall–Kier alpha value is -1.10. The van der Waals surface area contributed by atoms with Crippen molar-refractivity contribution in [1.82, 2.24) is 0 Å². The molecule has 2 aromatic rings. The molecule has 1 heterocycles. The van der Waals surface area contributed by atoms with E-state index in [4.69, 9.17) is 11.6 Å². The third-order valence-electron chi connectivity index (χ3n) is 2.89. The van der Waals surface area contributed by atoms with Gasteiger partial charge in [-0.25, -0.2) is 4.39 Å². The Morgan fingerprint density at radius 3 is 2.63 bits per heavy atom. The zero-order valence-corrected chi connectivity index (χ0v) is 12.3. The van der Waals surface area contributed by atoms with Gasteiger partial charge in [0.1, 0.15) is 5.82 Å². The number of hydrogen-bond donors (Lipinski definition) is 1. The van der Waals surface area contributed by atoms with Crippen LogP contribution in [0, 0.1) is 5.82 Å². The Morgan fingerprint density at radius 2 is 2.11 bits per heavy atom. The second-order valence-corrected chi connectivity index (χ2v) is 6.25. The summed E-state index contributed by atoms with van der Waals surface area (Å²) in [7, 11) is 1.83. The van der Waals surface area contributed by atoms with Crippen LogP contribution in [0.1, 0.15) is 23.5 Å². The Balaban J connectivity index is 2.17. The van der Waals surface area contributed by atoms with E-state index in [9.17, 15) is 9.50 Å². The fourth-order valence-electron chi connectivity index (χ4n) is 1.85. The molecule has 1 aromatic carbocycles. The van der Waals surface area contributed by atoms with Gasteiger partial charge in [-0.1, -0.05) is 17.7 Å². The number of thiophene rings is 1. The fraction of sp³-hybridized carbons (Fsp3) is 0.286. The number of anilines is 1. The van der Waals surface area contributed by atoms with Crippen LogP contribution in [0.5, 0.6) is 0 Å². The molecule has 0 radical (unpaired) electrons. The van der Waals surface area contributed by atoms with Crippen LogP contribution >= 0.6 is 22.9 Å². The summed E-state index contributed by atoms with van der Waals surface area (Å²) in [6.07, 6.45) is -0.662. The van der Waals surface area contributed by atoms with E-state index in [1.807, 2.05) is 24.1 Å². The third kappa shape index (κ3) is 3.47. The average Bonchev–Trinajstić information content (AvgIpc) is 2.74. The molecule has 2 nitrogen and oxygen atoms in total. The number of aliphatic hydroxyl groups excluding tert-OH is 1. The molecule has 19 heavy (non-hydrogen) atoms. The maximum absolute atomic E-state index is 14.0. The minimum absolute atomic E-state index is 0.330. The SMILES string of the molecule is C[C@@H](O)c1ccc(N(C)Cc2ccc(Cl)s2)c(F)c1. The number of halogens is 2. The highest BCUT2D eigenvalue weighted by Crippen LogP contribution is 2.27. The number of rotatable bonds is 4. The van der Waals surface area contributed by atoms with Gasteiger partial charge in [0.15, 0.2) is 0 Å². The average molecular weight is 300 g/mol. The van der Waals surface area contributed by atoms with Gasteiger partial charge in [-0.2, -0.15) is 0 Å². The molecule has 0 fully saturated rings. The quantitative estimate of drug-likeness (QED) is 0.913. The van der Waals surface area contributed by atoms with E-state index in [1.54, 1.807) is 19.1 Å². The molecule has 0 unspecified atom stereocenters. The Labute approximate surface area is 121 Å². The van der Waals surface area contributed by atoms with Gasteiger partial charge in [-0.05, 0) is 36.8 Å². The number of aliphatic hydroxyl groups is 1. The molecule has 0 aliphatic rings. The third-order valence-corrected chi connectivity index (χ3v) is 4.10. The van der Waals surface area contributed by atoms with Crippen LogP contribution in [0.25, 0.3) is 0 Å². The standard InChI is InChI=1S/C14H15ClFNOS/c1-9(18)10-3-5-13(12(16)7-10)17(2)8-11-4-6-14(15)19-11/h3-7,9,18H,8H2,1-2H3/t9-/m1/s1. The first-order chi connectivity index (χ1) is 8.97. The first-order valence-corrected chi connectivity index (χ1v) is 7.09. The zero-order chi connectivity index (χ0) is 14.0. The van der Waals surface area contributed by atoms with Crippen molar-refractivity contribution >= 4 is 28.6 Å². The molecule has 102 valence electrons. The first kappa shape index (κ1) is 14.3. The summed E-state index contributed by atoms with van der Waals surface area (Å²) in [5, 5.41) is 9.42. The summed E-state index contributed by atoms with van der Waals surface area (Å²) in [5.41, 5.74) is 1.09. The van der Waals surface area contributed by atoms with Crippen LogP contribution < -0.4 is 4.90 Å². The van der Waals surface area contributed by atoms with E-state index < -0.39 is 6.10 Å². The highest BCUT2D eigenvalue weighted by atomic mass is 35.5. The minimum atomic E-state index is -0.662. The maximum Gasteiger partial charge on any atom is 0.146 e. The fourth-order valence-corrected chi connectivity index (χ4v) is 2.99. The van der Waals surface area contributed by atoms with Crippen molar-refractivity contribution in [3.05, 3.63) is 50.9 Å². The van der Waals surface area contributed by atoms with E-state index in [0.717, 1.165) is 9.21 Å². The van der Waals surface area contributed by atoms with Crippen molar-refractivity contribution in [3.8, 4) is 0 Å². The molecule has 0 bridgehead atoms. The van der Waals surface area contributed by atoms with Crippen LogP contribution in [0.4, 0.5) is 10.1 Å². The van der Waals surface area contributed by atoms with Crippen molar-refractivity contribution in [2.75, 3.05) is 11.9 Å². The van der Waals surface area contributed by atoms with Gasteiger partial charge < -0.3 is 10.0 Å². The molecule has 1 atom stereocenters. The largest absolute Gasteiger partial charge is 0.389 e. The Kier molecular flexibility index (Phi) is 4.45. The molecule has 0 aliphatic carbocycles. The summed E-state index contributed by atoms with van der Waals surface area (Å²) in [6, 6.07) is 8.57. The van der Waals surface area contributed by atoms with Gasteiger partial charge in [0.2, 0.25) is 0 Å². The zero-order valence-electron chi connectivity index (χ0n) is 10.7. The monoisotopic (exact) mass is 299 g/mol. The highest BCUT2D eigenvalue weighted by molar-refractivity contribution is 7.16. The number of hydrogen-bond acceptors (Lipinski definition) is 3. The minimum Gasteiger partial charge on any atom is -0.389 e. The molecule has 0 saturated carbocycles. The lowest BCUT2D eigenvalue weighted by molar-refractivity contribution is 0.199. The second kappa shape index (κ2) is 5.90. The van der Waals surface area contributed by atoms with E-state index in [2.05, 4.69) is 0 Å². The molecule has 2 rings (SSSR count). The summed E-state index contributed by atoms with van der Waals surface area (Å²) < 4.78 is 14.7. The predicted molar refractivity (Wildman–Crippen MR) is 78.5 cm³/mol. The lowest BCUT2D eigenvalue weighted by Gasteiger charge is -2.20. The molecule has 0 amide bonds. The van der Waals surface area contributed by atoms with Gasteiger partial charge in [0.05, 0.1) is 22.7 Å². The summed E-state index contributed by atoms with van der Waals surface area (Å²) in [5.74, 6) is -0.330. The summed E-state index contributed by atoms with van der Waals surface area (Å²) in [4.78, 5) is 2.90. The van der Waals surface area contributed by atoms with Crippen molar-refractivity contribution in [3.63, 3.8) is 0 Å². The maximum atomic E-state index is 14.0. The molecule has 0 spiro atoms. The van der Waals surface area contributed by atoms with Crippen LogP contribution in [0.2, 0.25) is 4.34 Å². The normalized spacial score (nSPS) is 12.5. The second-order valence-electron chi connectivity index (χ2n) is 4.45. The smallest absolute Gasteiger partial charge is 0.146 e. The molecular formula is C14H15ClFNOS. The van der Waals surface area contributed by atoms with Gasteiger partial charge in [-0.15, -0.1) is 11.3 Å². The van der Waals surface area contributed by atoms with Crippen LogP contribution in [0.3, 0.4) is 0 Å². The van der Waals surface area contributed by atoms with Crippen molar-refractivity contribution in [2.45, 2.75) is 19.6 Å². The lowest BCUT2D eigenvalue weighted by atomic mass is 10.1. The van der Waals surface area contributed by atoms with E-state index in [-0.39, 0.29) is 5.82 Å². The van der Waals surface area contributed by atoms with Gasteiger partial charge in [0, 0.05) is 11.9 Å². The van der Waals surface area contributed by atoms with E-state index >= 15 is 0 Å². The van der Waals surface area contributed by atoms with Crippen LogP contribution in [0.15, 0.2) is 30.3 Å². The summed E-state index contributed by atoms with van der Waals surface area (Å²) >= 11 is 7.36. The Morgan fingerprint density at radius 1 is 1.37 bits per heavy atom. The van der Waals surface area contributed by atoms with Crippen molar-refractivity contribution < 1.29 is 9.50 Å². The molecule has 5 heteroatoms. The number of benzene rings is 1. The highest BCUT2D eigenvalue weighted by Gasteiger charge is 2.11. The topological polar surface area (TPSA) is 23.5 Å². The molecule has 1 N–H and O–H groups in total. The van der Waals surface area contributed by atoms with Crippen molar-refractivity contribution in [1.29, 1.82) is 0 Å². The van der Waals surface area contributed by atoms with Gasteiger partial charge in [0.25, 0.3) is 0 Å². The molecular weight excluding hydrogens is 285 g/mol. The van der Waals surface area contributed by atoms with Crippen LogP contribution in [-0.2, 0) is 6.54 Å². The number of nitrogens with zero attached hydrogens (tertiary/aromatic N) is 1.